The number of sulfonamides is 1. The van der Waals surface area contributed by atoms with Gasteiger partial charge in [0.15, 0.2) is 0 Å². The Labute approximate surface area is 112 Å². The van der Waals surface area contributed by atoms with Crippen LogP contribution in [0.5, 0.6) is 0 Å². The summed E-state index contributed by atoms with van der Waals surface area (Å²) < 4.78 is 26.5. The highest BCUT2D eigenvalue weighted by Crippen LogP contribution is 2.23. The maximum atomic E-state index is 11.9. The van der Waals surface area contributed by atoms with Gasteiger partial charge in [-0.05, 0) is 32.0 Å². The van der Waals surface area contributed by atoms with Crippen molar-refractivity contribution in [3.63, 3.8) is 0 Å². The maximum Gasteiger partial charge on any atom is 0.232 e. The largest absolute Gasteiger partial charge is 0.330 e. The topological polar surface area (TPSA) is 85.1 Å². The molecule has 5 nitrogen and oxygen atoms in total. The Morgan fingerprint density at radius 1 is 1.32 bits per heavy atom. The number of anilines is 1. The molecule has 1 aromatic heterocycles. The molecule has 2 rings (SSSR count). The fourth-order valence-electron chi connectivity index (χ4n) is 1.88. The lowest BCUT2D eigenvalue weighted by molar-refractivity contribution is 0.599. The van der Waals surface area contributed by atoms with Crippen LogP contribution in [0.2, 0.25) is 0 Å². The van der Waals surface area contributed by atoms with Gasteiger partial charge >= 0.3 is 0 Å². The summed E-state index contributed by atoms with van der Waals surface area (Å²) in [7, 11) is -3.36. The second-order valence-electron chi connectivity index (χ2n) is 4.39. The minimum absolute atomic E-state index is 0.0270. The van der Waals surface area contributed by atoms with Crippen molar-refractivity contribution in [3.05, 3.63) is 36.0 Å². The van der Waals surface area contributed by atoms with Gasteiger partial charge in [-0.3, -0.25) is 9.71 Å². The molecule has 0 aliphatic heterocycles. The van der Waals surface area contributed by atoms with Crippen LogP contribution < -0.4 is 10.5 Å². The molecule has 0 unspecified atom stereocenters. The first-order chi connectivity index (χ1) is 9.02. The molecule has 0 radical (unpaired) electrons. The zero-order valence-corrected chi connectivity index (χ0v) is 11.6. The van der Waals surface area contributed by atoms with Gasteiger partial charge in [0.1, 0.15) is 0 Å². The van der Waals surface area contributed by atoms with Crippen LogP contribution >= 0.6 is 0 Å². The van der Waals surface area contributed by atoms with E-state index >= 15 is 0 Å². The average molecular weight is 279 g/mol. The quantitative estimate of drug-likeness (QED) is 0.871. The number of aromatic nitrogens is 1. The van der Waals surface area contributed by atoms with Gasteiger partial charge < -0.3 is 5.73 Å². The zero-order chi connectivity index (χ0) is 13.9. The SMILES string of the molecule is Cc1cc(NS(=O)(=O)CCCN)c2ccccc2n1. The van der Waals surface area contributed by atoms with Gasteiger partial charge in [-0.2, -0.15) is 0 Å². The second-order valence-corrected chi connectivity index (χ2v) is 6.23. The third kappa shape index (κ3) is 3.42. The van der Waals surface area contributed by atoms with Crippen LogP contribution in [0.4, 0.5) is 5.69 Å². The summed E-state index contributed by atoms with van der Waals surface area (Å²) in [5.41, 5.74) is 7.46. The van der Waals surface area contributed by atoms with Crippen LogP contribution in [0.15, 0.2) is 30.3 Å². The molecule has 0 atom stereocenters. The minimum Gasteiger partial charge on any atom is -0.330 e. The number of nitrogens with one attached hydrogen (secondary N) is 1. The fourth-order valence-corrected chi connectivity index (χ4v) is 3.04. The van der Waals surface area contributed by atoms with Crippen LogP contribution in [-0.4, -0.2) is 25.7 Å². The zero-order valence-electron chi connectivity index (χ0n) is 10.8. The summed E-state index contributed by atoms with van der Waals surface area (Å²) in [5, 5.41) is 0.796. The molecule has 6 heteroatoms. The summed E-state index contributed by atoms with van der Waals surface area (Å²) >= 11 is 0. The number of nitrogens with zero attached hydrogens (tertiary/aromatic N) is 1. The van der Waals surface area contributed by atoms with E-state index in [2.05, 4.69) is 9.71 Å². The van der Waals surface area contributed by atoms with Gasteiger partial charge in [-0.25, -0.2) is 8.42 Å². The molecular formula is C13H17N3O2S. The van der Waals surface area contributed by atoms with E-state index in [0.29, 0.717) is 18.7 Å². The van der Waals surface area contributed by atoms with E-state index < -0.39 is 10.0 Å². The van der Waals surface area contributed by atoms with Gasteiger partial charge in [0.2, 0.25) is 10.0 Å². The first-order valence-corrected chi connectivity index (χ1v) is 7.74. The van der Waals surface area contributed by atoms with Gasteiger partial charge in [-0.1, -0.05) is 18.2 Å². The van der Waals surface area contributed by atoms with E-state index in [1.807, 2.05) is 31.2 Å². The number of para-hydroxylation sites is 1. The molecule has 0 spiro atoms. The van der Waals surface area contributed by atoms with E-state index in [0.717, 1.165) is 16.6 Å². The summed E-state index contributed by atoms with van der Waals surface area (Å²) in [6, 6.07) is 9.18. The van der Waals surface area contributed by atoms with E-state index in [1.165, 1.54) is 0 Å². The molecule has 0 aliphatic carbocycles. The molecule has 102 valence electrons. The van der Waals surface area contributed by atoms with E-state index in [4.69, 9.17) is 5.73 Å². The standard InChI is InChI=1S/C13H17N3O2S/c1-10-9-13(16-19(17,18)8-4-7-14)11-5-2-3-6-12(11)15-10/h2-3,5-6,9H,4,7-8,14H2,1H3,(H,15,16). The van der Waals surface area contributed by atoms with Crippen molar-refractivity contribution >= 4 is 26.6 Å². The molecule has 1 heterocycles. The van der Waals surface area contributed by atoms with Crippen molar-refractivity contribution in [1.29, 1.82) is 0 Å². The van der Waals surface area contributed by atoms with Crippen molar-refractivity contribution < 1.29 is 8.42 Å². The molecule has 0 amide bonds. The molecule has 3 N–H and O–H groups in total. The molecule has 0 fully saturated rings. The van der Waals surface area contributed by atoms with E-state index in [9.17, 15) is 8.42 Å². The monoisotopic (exact) mass is 279 g/mol. The van der Waals surface area contributed by atoms with Crippen molar-refractivity contribution in [2.24, 2.45) is 5.73 Å². The van der Waals surface area contributed by atoms with Gasteiger partial charge in [-0.15, -0.1) is 0 Å². The Morgan fingerprint density at radius 3 is 2.79 bits per heavy atom. The number of nitrogens with two attached hydrogens (primary N) is 1. The molecule has 2 aromatic rings. The molecule has 19 heavy (non-hydrogen) atoms. The molecule has 0 aliphatic rings. The van der Waals surface area contributed by atoms with Crippen LogP contribution in [-0.2, 0) is 10.0 Å². The van der Waals surface area contributed by atoms with Crippen LogP contribution in [0.25, 0.3) is 10.9 Å². The first-order valence-electron chi connectivity index (χ1n) is 6.09. The highest BCUT2D eigenvalue weighted by molar-refractivity contribution is 7.92. The van der Waals surface area contributed by atoms with Crippen molar-refractivity contribution in [2.45, 2.75) is 13.3 Å². The number of aryl methyl sites for hydroxylation is 1. The second kappa shape index (κ2) is 5.54. The molecule has 0 saturated heterocycles. The Kier molecular flexibility index (Phi) is 4.01. The predicted octanol–water partition coefficient (Wildman–Crippen LogP) is 1.63. The summed E-state index contributed by atoms with van der Waals surface area (Å²) in [6.07, 6.45) is 0.442. The van der Waals surface area contributed by atoms with Crippen molar-refractivity contribution in [3.8, 4) is 0 Å². The Hall–Kier alpha value is -1.66. The maximum absolute atomic E-state index is 11.9. The Bertz CT molecular complexity index is 683. The Morgan fingerprint density at radius 2 is 2.05 bits per heavy atom. The number of hydrogen-bond donors (Lipinski definition) is 2. The molecule has 0 bridgehead atoms. The number of rotatable bonds is 5. The predicted molar refractivity (Wildman–Crippen MR) is 77.6 cm³/mol. The number of hydrogen-bond acceptors (Lipinski definition) is 4. The fraction of sp³-hybridized carbons (Fsp3) is 0.308. The summed E-state index contributed by atoms with van der Waals surface area (Å²) in [5.74, 6) is 0.0270. The summed E-state index contributed by atoms with van der Waals surface area (Å²) in [4.78, 5) is 4.37. The third-order valence-electron chi connectivity index (χ3n) is 2.73. The highest BCUT2D eigenvalue weighted by atomic mass is 32.2. The van der Waals surface area contributed by atoms with Crippen LogP contribution in [0, 0.1) is 6.92 Å². The van der Waals surface area contributed by atoms with Gasteiger partial charge in [0.25, 0.3) is 0 Å². The van der Waals surface area contributed by atoms with Crippen LogP contribution in [0.3, 0.4) is 0 Å². The lowest BCUT2D eigenvalue weighted by atomic mass is 10.2. The lowest BCUT2D eigenvalue weighted by Gasteiger charge is -2.11. The molecule has 0 saturated carbocycles. The lowest BCUT2D eigenvalue weighted by Crippen LogP contribution is -2.19. The van der Waals surface area contributed by atoms with E-state index in [-0.39, 0.29) is 5.75 Å². The number of pyridine rings is 1. The minimum atomic E-state index is -3.36. The third-order valence-corrected chi connectivity index (χ3v) is 4.08. The van der Waals surface area contributed by atoms with Crippen LogP contribution in [0.1, 0.15) is 12.1 Å². The number of benzene rings is 1. The molecule has 1 aromatic carbocycles. The Balaban J connectivity index is 2.40. The van der Waals surface area contributed by atoms with Gasteiger partial charge in [0, 0.05) is 11.1 Å². The normalized spacial score (nSPS) is 11.7. The molecular weight excluding hydrogens is 262 g/mol. The summed E-state index contributed by atoms with van der Waals surface area (Å²) in [6.45, 7) is 2.20. The highest BCUT2D eigenvalue weighted by Gasteiger charge is 2.12. The van der Waals surface area contributed by atoms with Crippen molar-refractivity contribution in [1.82, 2.24) is 4.98 Å². The smallest absolute Gasteiger partial charge is 0.232 e. The average Bonchev–Trinajstić information content (AvgIpc) is 2.36. The van der Waals surface area contributed by atoms with Gasteiger partial charge in [0.05, 0.1) is 17.0 Å². The first kappa shape index (κ1) is 13.8. The van der Waals surface area contributed by atoms with E-state index in [1.54, 1.807) is 6.07 Å². The van der Waals surface area contributed by atoms with Crippen molar-refractivity contribution in [2.75, 3.05) is 17.0 Å². The number of fused-ring (bicyclic) bond motifs is 1.